The monoisotopic (exact) mass is 415 g/mol. The maximum atomic E-state index is 13.2. The van der Waals surface area contributed by atoms with E-state index in [9.17, 15) is 24.0 Å². The van der Waals surface area contributed by atoms with Crippen LogP contribution in [0.25, 0.3) is 0 Å². The van der Waals surface area contributed by atoms with E-state index in [-0.39, 0.29) is 13.0 Å². The first-order valence-electron chi connectivity index (χ1n) is 9.18. The fraction of sp³-hybridized carbons (Fsp3) is 0.350. The van der Waals surface area contributed by atoms with Crippen molar-refractivity contribution in [3.63, 3.8) is 0 Å². The highest BCUT2D eigenvalue weighted by molar-refractivity contribution is 6.10. The van der Waals surface area contributed by atoms with Crippen LogP contribution in [0.15, 0.2) is 42.5 Å². The van der Waals surface area contributed by atoms with E-state index in [0.29, 0.717) is 4.90 Å². The molecule has 0 unspecified atom stereocenters. The van der Waals surface area contributed by atoms with Crippen LogP contribution in [0, 0.1) is 0 Å². The first kappa shape index (κ1) is 21.2. The number of rotatable bonds is 5. The SMILES string of the molecule is CN(C)[C@@H]1CC(=O)N([C@]2(C(=O)NCc3ccccc3)COC(=O)/C=C/C(=O)O2)C1=O. The number of nitrogens with zero attached hydrogens (tertiary/aromatic N) is 2. The summed E-state index contributed by atoms with van der Waals surface area (Å²) in [6.07, 6.45) is 1.40. The highest BCUT2D eigenvalue weighted by Crippen LogP contribution is 2.29. The molecule has 0 aliphatic carbocycles. The summed E-state index contributed by atoms with van der Waals surface area (Å²) >= 11 is 0. The second-order valence-corrected chi connectivity index (χ2v) is 7.07. The Morgan fingerprint density at radius 1 is 1.13 bits per heavy atom. The molecule has 0 bridgehead atoms. The number of benzene rings is 1. The van der Waals surface area contributed by atoms with Crippen molar-refractivity contribution >= 4 is 29.7 Å². The second-order valence-electron chi connectivity index (χ2n) is 7.07. The lowest BCUT2D eigenvalue weighted by Gasteiger charge is -2.37. The topological polar surface area (TPSA) is 122 Å². The average molecular weight is 415 g/mol. The minimum atomic E-state index is -2.45. The Balaban J connectivity index is 1.98. The summed E-state index contributed by atoms with van der Waals surface area (Å²) in [4.78, 5) is 65.0. The number of nitrogens with one attached hydrogen (secondary N) is 1. The fourth-order valence-electron chi connectivity index (χ4n) is 3.22. The molecular weight excluding hydrogens is 394 g/mol. The molecule has 1 aromatic carbocycles. The van der Waals surface area contributed by atoms with E-state index in [1.165, 1.54) is 4.90 Å². The Kier molecular flexibility index (Phi) is 5.97. The van der Waals surface area contributed by atoms with Gasteiger partial charge in [0.25, 0.3) is 11.8 Å². The zero-order valence-electron chi connectivity index (χ0n) is 16.5. The van der Waals surface area contributed by atoms with Gasteiger partial charge < -0.3 is 14.8 Å². The number of amides is 3. The molecule has 0 radical (unpaired) electrons. The van der Waals surface area contributed by atoms with Crippen LogP contribution in [-0.2, 0) is 40.0 Å². The zero-order valence-corrected chi connectivity index (χ0v) is 16.5. The van der Waals surface area contributed by atoms with Crippen molar-refractivity contribution in [1.29, 1.82) is 0 Å². The molecule has 2 aliphatic heterocycles. The van der Waals surface area contributed by atoms with Crippen LogP contribution in [0.5, 0.6) is 0 Å². The molecule has 1 aromatic rings. The lowest BCUT2D eigenvalue weighted by atomic mass is 10.1. The van der Waals surface area contributed by atoms with Gasteiger partial charge in [-0.2, -0.15) is 0 Å². The van der Waals surface area contributed by atoms with Crippen molar-refractivity contribution < 1.29 is 33.4 Å². The number of esters is 2. The molecule has 30 heavy (non-hydrogen) atoms. The van der Waals surface area contributed by atoms with Gasteiger partial charge in [-0.3, -0.25) is 19.3 Å². The van der Waals surface area contributed by atoms with Crippen LogP contribution in [0.2, 0.25) is 0 Å². The summed E-state index contributed by atoms with van der Waals surface area (Å²) in [5.41, 5.74) is -1.72. The molecule has 158 valence electrons. The van der Waals surface area contributed by atoms with Crippen LogP contribution in [0.1, 0.15) is 12.0 Å². The Hall–Kier alpha value is -3.53. The van der Waals surface area contributed by atoms with Crippen LogP contribution >= 0.6 is 0 Å². The van der Waals surface area contributed by atoms with Crippen molar-refractivity contribution in [2.75, 3.05) is 20.7 Å². The summed E-state index contributed by atoms with van der Waals surface area (Å²) in [5.74, 6) is -4.37. The zero-order chi connectivity index (χ0) is 21.9. The summed E-state index contributed by atoms with van der Waals surface area (Å²) in [6, 6.07) is 8.02. The van der Waals surface area contributed by atoms with E-state index in [1.807, 2.05) is 0 Å². The number of hydrogen-bond donors (Lipinski definition) is 1. The summed E-state index contributed by atoms with van der Waals surface area (Å²) in [6.45, 7) is -0.781. The van der Waals surface area contributed by atoms with Crippen molar-refractivity contribution in [3.05, 3.63) is 48.0 Å². The van der Waals surface area contributed by atoms with Crippen molar-refractivity contribution in [2.45, 2.75) is 24.7 Å². The molecule has 10 heteroatoms. The third-order valence-electron chi connectivity index (χ3n) is 4.79. The molecule has 0 saturated carbocycles. The van der Waals surface area contributed by atoms with Gasteiger partial charge in [0.05, 0.1) is 12.5 Å². The van der Waals surface area contributed by atoms with Gasteiger partial charge in [-0.05, 0) is 19.7 Å². The lowest BCUT2D eigenvalue weighted by Crippen LogP contribution is -2.66. The molecule has 10 nitrogen and oxygen atoms in total. The molecule has 3 rings (SSSR count). The highest BCUT2D eigenvalue weighted by Gasteiger charge is 2.59. The molecule has 1 N–H and O–H groups in total. The average Bonchev–Trinajstić information content (AvgIpc) is 3.02. The molecule has 0 aromatic heterocycles. The van der Waals surface area contributed by atoms with E-state index >= 15 is 0 Å². The van der Waals surface area contributed by atoms with E-state index in [4.69, 9.17) is 9.47 Å². The molecule has 2 heterocycles. The summed E-state index contributed by atoms with van der Waals surface area (Å²) in [5, 5.41) is 2.56. The molecule has 3 amide bonds. The quantitative estimate of drug-likeness (QED) is 0.497. The minimum Gasteiger partial charge on any atom is -0.455 e. The van der Waals surface area contributed by atoms with Gasteiger partial charge in [-0.1, -0.05) is 30.3 Å². The number of hydrogen-bond acceptors (Lipinski definition) is 8. The second kappa shape index (κ2) is 8.46. The predicted molar refractivity (Wildman–Crippen MR) is 101 cm³/mol. The third kappa shape index (κ3) is 4.08. The number of likely N-dealkylation sites (N-methyl/N-ethyl adjacent to an activating group) is 1. The number of carbonyl (C=O) groups excluding carboxylic acids is 5. The molecule has 2 aliphatic rings. The van der Waals surface area contributed by atoms with E-state index in [1.54, 1.807) is 44.4 Å². The largest absolute Gasteiger partial charge is 0.455 e. The molecule has 2 atom stereocenters. The summed E-state index contributed by atoms with van der Waals surface area (Å²) < 4.78 is 10.3. The normalized spacial score (nSPS) is 25.4. The van der Waals surface area contributed by atoms with Crippen molar-refractivity contribution in [1.82, 2.24) is 15.1 Å². The number of carbonyl (C=O) groups is 5. The number of ether oxygens (including phenoxy) is 2. The highest BCUT2D eigenvalue weighted by atomic mass is 16.6. The van der Waals surface area contributed by atoms with Gasteiger partial charge in [0.1, 0.15) is 0 Å². The fourth-order valence-corrected chi connectivity index (χ4v) is 3.22. The first-order valence-corrected chi connectivity index (χ1v) is 9.18. The molecular formula is C20H21N3O7. The molecule has 1 fully saturated rings. The molecule has 0 spiro atoms. The maximum absolute atomic E-state index is 13.2. The Bertz CT molecular complexity index is 912. The Morgan fingerprint density at radius 3 is 2.43 bits per heavy atom. The maximum Gasteiger partial charge on any atom is 0.333 e. The number of imide groups is 1. The van der Waals surface area contributed by atoms with Crippen molar-refractivity contribution in [3.8, 4) is 0 Å². The van der Waals surface area contributed by atoms with Crippen LogP contribution in [0.3, 0.4) is 0 Å². The van der Waals surface area contributed by atoms with Gasteiger partial charge >= 0.3 is 17.7 Å². The summed E-state index contributed by atoms with van der Waals surface area (Å²) in [7, 11) is 3.21. The van der Waals surface area contributed by atoms with E-state index < -0.39 is 48.0 Å². The van der Waals surface area contributed by atoms with Crippen LogP contribution in [0.4, 0.5) is 0 Å². The van der Waals surface area contributed by atoms with E-state index in [0.717, 1.165) is 17.7 Å². The number of cyclic esters (lactones) is 2. The first-order chi connectivity index (χ1) is 14.2. The number of likely N-dealkylation sites (tertiary alicyclic amines) is 1. The standard InChI is InChI=1S/C20H21N3O7/c1-22(2)14-10-15(24)23(18(14)27)20(12-29-16(25)8-9-17(26)30-20)19(28)21-11-13-6-4-3-5-7-13/h3-9,14H,10-12H2,1-2H3,(H,21,28)/b9-8+/t14-,20-/m1/s1. The van der Waals surface area contributed by atoms with Gasteiger partial charge in [0.2, 0.25) is 5.91 Å². The van der Waals surface area contributed by atoms with Gasteiger partial charge in [-0.25, -0.2) is 14.5 Å². The van der Waals surface area contributed by atoms with Gasteiger partial charge in [-0.15, -0.1) is 0 Å². The van der Waals surface area contributed by atoms with E-state index in [2.05, 4.69) is 5.32 Å². The molecule has 1 saturated heterocycles. The smallest absolute Gasteiger partial charge is 0.333 e. The Labute approximate surface area is 172 Å². The van der Waals surface area contributed by atoms with Gasteiger partial charge in [0, 0.05) is 18.7 Å². The lowest BCUT2D eigenvalue weighted by molar-refractivity contribution is -0.204. The Morgan fingerprint density at radius 2 is 1.80 bits per heavy atom. The van der Waals surface area contributed by atoms with Crippen molar-refractivity contribution in [2.24, 2.45) is 0 Å². The van der Waals surface area contributed by atoms with Crippen LogP contribution in [-0.4, -0.2) is 71.9 Å². The predicted octanol–water partition coefficient (Wildman–Crippen LogP) is -0.656. The van der Waals surface area contributed by atoms with Gasteiger partial charge in [0.15, 0.2) is 6.61 Å². The minimum absolute atomic E-state index is 0.0378. The third-order valence-corrected chi connectivity index (χ3v) is 4.79. The van der Waals surface area contributed by atoms with Crippen LogP contribution < -0.4 is 5.32 Å².